The molecular weight excluding hydrogens is 520 g/mol. The molecule has 4 amide bonds. The van der Waals surface area contributed by atoms with Crippen molar-refractivity contribution in [2.24, 2.45) is 35.0 Å². The molecule has 5 aliphatic rings. The first-order valence-corrected chi connectivity index (χ1v) is 14.4. The van der Waals surface area contributed by atoms with Crippen LogP contribution >= 0.6 is 0 Å². The Morgan fingerprint density at radius 2 is 1.17 bits per heavy atom. The molecule has 2 aromatic carbocycles. The Bertz CT molecular complexity index is 1460. The summed E-state index contributed by atoms with van der Waals surface area (Å²) >= 11 is 0. The van der Waals surface area contributed by atoms with Crippen LogP contribution in [0.1, 0.15) is 45.7 Å². The van der Waals surface area contributed by atoms with E-state index in [2.05, 4.69) is 0 Å². The minimum Gasteiger partial charge on any atom is -0.463 e. The van der Waals surface area contributed by atoms with E-state index >= 15 is 0 Å². The van der Waals surface area contributed by atoms with Crippen LogP contribution in [0.4, 0.5) is 11.4 Å². The minimum absolute atomic E-state index is 0.115. The van der Waals surface area contributed by atoms with Gasteiger partial charge in [-0.3, -0.25) is 19.2 Å². The lowest BCUT2D eigenvalue weighted by Crippen LogP contribution is -2.61. The quantitative estimate of drug-likeness (QED) is 0.391. The molecule has 0 aromatic heterocycles. The predicted octanol–water partition coefficient (Wildman–Crippen LogP) is 4.25. The van der Waals surface area contributed by atoms with E-state index in [-0.39, 0.29) is 24.0 Å². The third-order valence-corrected chi connectivity index (χ3v) is 9.91. The number of anilines is 2. The summed E-state index contributed by atoms with van der Waals surface area (Å²) in [6.45, 7) is 9.19. The Kier molecular flexibility index (Phi) is 6.28. The van der Waals surface area contributed by atoms with Crippen molar-refractivity contribution in [1.29, 1.82) is 0 Å². The number of rotatable bonds is 6. The molecule has 2 aliphatic heterocycles. The van der Waals surface area contributed by atoms with Crippen LogP contribution in [0.15, 0.2) is 59.7 Å². The van der Waals surface area contributed by atoms with Crippen LogP contribution in [-0.2, 0) is 41.6 Å². The molecule has 0 spiro atoms. The number of ether oxygens (including phenoxy) is 1. The van der Waals surface area contributed by atoms with Crippen LogP contribution in [0, 0.1) is 35.0 Å². The van der Waals surface area contributed by atoms with Crippen LogP contribution in [0.25, 0.3) is 0 Å². The molecule has 1 saturated carbocycles. The van der Waals surface area contributed by atoms with E-state index in [1.54, 1.807) is 45.0 Å². The van der Waals surface area contributed by atoms with Crippen molar-refractivity contribution < 1.29 is 28.7 Å². The molecule has 2 heterocycles. The lowest BCUT2D eigenvalue weighted by atomic mass is 9.43. The number of benzene rings is 2. The first kappa shape index (κ1) is 27.1. The van der Waals surface area contributed by atoms with Crippen molar-refractivity contribution in [3.8, 4) is 0 Å². The standard InChI is InChI=1S/C33H34N2O6/c1-6-18-13-9-11-15-20(18)34-28(36)23-22-17(4)25(32(40)41-8-3)33(5,26(23)30(34)38)27-24(22)29(37)35(31(27)39)21-16-12-10-14-19(21)7-2/h9-16,22-24,26-27H,6-8H2,1-5H3/t22?,23-,24-,26-,27+,33?/m0/s1. The molecular formula is C33H34N2O6. The summed E-state index contributed by atoms with van der Waals surface area (Å²) in [6, 6.07) is 14.6. The molecule has 2 saturated heterocycles. The average molecular weight is 555 g/mol. The highest BCUT2D eigenvalue weighted by molar-refractivity contribution is 6.28. The van der Waals surface area contributed by atoms with Gasteiger partial charge in [0.2, 0.25) is 23.6 Å². The Morgan fingerprint density at radius 3 is 1.59 bits per heavy atom. The summed E-state index contributed by atoms with van der Waals surface area (Å²) in [7, 11) is 0. The van der Waals surface area contributed by atoms with E-state index in [0.29, 0.717) is 29.8 Å². The Balaban J connectivity index is 1.56. The summed E-state index contributed by atoms with van der Waals surface area (Å²) in [5, 5.41) is 0. The first-order valence-electron chi connectivity index (χ1n) is 14.4. The van der Waals surface area contributed by atoms with Gasteiger partial charge in [-0.1, -0.05) is 62.7 Å². The van der Waals surface area contributed by atoms with Gasteiger partial charge in [0.1, 0.15) is 0 Å². The summed E-state index contributed by atoms with van der Waals surface area (Å²) in [4.78, 5) is 73.4. The third kappa shape index (κ3) is 3.36. The SMILES string of the molecule is CCOC(=O)C1=C(C)C2[C@@H]3C(=O)N(c4ccccc4CC)C(=O)[C@H]3C1(C)[C@H]1C(=O)N(c3ccccc3CC)C(=O)[C@@H]21. The third-order valence-electron chi connectivity index (χ3n) is 9.91. The van der Waals surface area contributed by atoms with E-state index in [4.69, 9.17) is 4.74 Å². The normalized spacial score (nSPS) is 30.3. The van der Waals surface area contributed by atoms with Crippen LogP contribution in [0.2, 0.25) is 0 Å². The van der Waals surface area contributed by atoms with Crippen LogP contribution in [-0.4, -0.2) is 36.2 Å². The molecule has 0 N–H and O–H groups in total. The molecule has 212 valence electrons. The summed E-state index contributed by atoms with van der Waals surface area (Å²) in [5.41, 5.74) is 2.12. The molecule has 3 fully saturated rings. The van der Waals surface area contributed by atoms with Crippen molar-refractivity contribution in [3.63, 3.8) is 0 Å². The van der Waals surface area contributed by atoms with Gasteiger partial charge in [-0.2, -0.15) is 0 Å². The van der Waals surface area contributed by atoms with Gasteiger partial charge in [-0.15, -0.1) is 0 Å². The molecule has 3 aliphatic carbocycles. The van der Waals surface area contributed by atoms with Gasteiger partial charge in [0, 0.05) is 16.9 Å². The zero-order valence-corrected chi connectivity index (χ0v) is 24.0. The second-order valence-corrected chi connectivity index (χ2v) is 11.6. The fraction of sp³-hybridized carbons (Fsp3) is 0.424. The molecule has 2 unspecified atom stereocenters. The van der Waals surface area contributed by atoms with Gasteiger partial charge in [-0.25, -0.2) is 14.6 Å². The summed E-state index contributed by atoms with van der Waals surface area (Å²) < 4.78 is 5.47. The lowest BCUT2D eigenvalue weighted by Gasteiger charge is -2.55. The van der Waals surface area contributed by atoms with Crippen LogP contribution in [0.3, 0.4) is 0 Å². The highest BCUT2D eigenvalue weighted by Crippen LogP contribution is 2.69. The molecule has 2 bridgehead atoms. The predicted molar refractivity (Wildman–Crippen MR) is 152 cm³/mol. The monoisotopic (exact) mass is 554 g/mol. The molecule has 8 nitrogen and oxygen atoms in total. The topological polar surface area (TPSA) is 101 Å². The number of amides is 4. The summed E-state index contributed by atoms with van der Waals surface area (Å²) in [6.07, 6.45) is 1.23. The Hall–Kier alpha value is -4.07. The number of aryl methyl sites for hydroxylation is 2. The molecule has 6 atom stereocenters. The maximum atomic E-state index is 14.4. The number of nitrogens with zero attached hydrogens (tertiary/aromatic N) is 2. The highest BCUT2D eigenvalue weighted by atomic mass is 16.5. The smallest absolute Gasteiger partial charge is 0.334 e. The maximum Gasteiger partial charge on any atom is 0.334 e. The van der Waals surface area contributed by atoms with Crippen molar-refractivity contribution in [2.45, 2.75) is 47.5 Å². The highest BCUT2D eigenvalue weighted by Gasteiger charge is 2.77. The molecule has 0 radical (unpaired) electrons. The van der Waals surface area contributed by atoms with Crippen molar-refractivity contribution in [1.82, 2.24) is 0 Å². The number of esters is 1. The number of imide groups is 2. The zero-order chi connectivity index (χ0) is 29.4. The number of hydrogen-bond acceptors (Lipinski definition) is 6. The van der Waals surface area contributed by atoms with Crippen molar-refractivity contribution in [3.05, 3.63) is 70.8 Å². The van der Waals surface area contributed by atoms with Gasteiger partial charge in [0.05, 0.1) is 41.7 Å². The number of hydrogen-bond donors (Lipinski definition) is 0. The van der Waals surface area contributed by atoms with Gasteiger partial charge >= 0.3 is 5.97 Å². The zero-order valence-electron chi connectivity index (χ0n) is 24.0. The number of allylic oxidation sites excluding steroid dienone is 1. The second-order valence-electron chi connectivity index (χ2n) is 11.6. The maximum absolute atomic E-state index is 14.4. The van der Waals surface area contributed by atoms with Gasteiger partial charge in [0.25, 0.3) is 0 Å². The first-order chi connectivity index (χ1) is 19.6. The largest absolute Gasteiger partial charge is 0.463 e. The van der Waals surface area contributed by atoms with Crippen molar-refractivity contribution >= 4 is 41.0 Å². The van der Waals surface area contributed by atoms with E-state index in [0.717, 1.165) is 11.1 Å². The molecule has 8 heteroatoms. The average Bonchev–Trinajstić information content (AvgIpc) is 3.39. The fourth-order valence-corrected chi connectivity index (χ4v) is 8.34. The summed E-state index contributed by atoms with van der Waals surface area (Å²) in [5.74, 6) is -6.71. The van der Waals surface area contributed by atoms with Gasteiger partial charge in [0.15, 0.2) is 0 Å². The number of carbonyl (C=O) groups is 5. The van der Waals surface area contributed by atoms with Gasteiger partial charge in [-0.05, 0) is 49.9 Å². The Labute approximate surface area is 239 Å². The van der Waals surface area contributed by atoms with Crippen LogP contribution < -0.4 is 9.80 Å². The molecule has 41 heavy (non-hydrogen) atoms. The second kappa shape index (κ2) is 9.50. The van der Waals surface area contributed by atoms with Crippen LogP contribution in [0.5, 0.6) is 0 Å². The van der Waals surface area contributed by atoms with Gasteiger partial charge < -0.3 is 4.74 Å². The minimum atomic E-state index is -1.41. The van der Waals surface area contributed by atoms with E-state index in [1.807, 2.05) is 38.1 Å². The Morgan fingerprint density at radius 1 is 0.732 bits per heavy atom. The number of carbonyl (C=O) groups excluding carboxylic acids is 5. The fourth-order valence-electron chi connectivity index (χ4n) is 8.34. The lowest BCUT2D eigenvalue weighted by molar-refractivity contribution is -0.155. The van der Waals surface area contributed by atoms with E-state index in [1.165, 1.54) is 9.80 Å². The van der Waals surface area contributed by atoms with E-state index in [9.17, 15) is 24.0 Å². The molecule has 7 rings (SSSR count). The molecule has 2 aromatic rings. The number of para-hydroxylation sites is 2. The van der Waals surface area contributed by atoms with E-state index < -0.39 is 52.8 Å². The van der Waals surface area contributed by atoms with Crippen molar-refractivity contribution in [2.75, 3.05) is 16.4 Å².